The third-order valence-electron chi connectivity index (χ3n) is 2.64. The number of methoxy groups -OCH3 is 1. The lowest BCUT2D eigenvalue weighted by Gasteiger charge is -2.11. The Kier molecular flexibility index (Phi) is 4.07. The van der Waals surface area contributed by atoms with Crippen LogP contribution in [0.2, 0.25) is 0 Å². The van der Waals surface area contributed by atoms with E-state index in [1.807, 2.05) is 36.4 Å². The first kappa shape index (κ1) is 12.3. The molecule has 0 aromatic heterocycles. The first-order valence-electron chi connectivity index (χ1n) is 5.78. The second kappa shape index (κ2) is 5.96. The second-order valence-electron chi connectivity index (χ2n) is 3.70. The van der Waals surface area contributed by atoms with Crippen LogP contribution in [0.3, 0.4) is 0 Å². The molecule has 0 bridgehead atoms. The summed E-state index contributed by atoms with van der Waals surface area (Å²) in [7, 11) is 1.67. The highest BCUT2D eigenvalue weighted by atomic mass is 16.5. The summed E-state index contributed by atoms with van der Waals surface area (Å²) in [4.78, 5) is 0. The Morgan fingerprint density at radius 1 is 1.00 bits per heavy atom. The normalized spacial score (nSPS) is 10.1. The van der Waals surface area contributed by atoms with E-state index in [1.54, 1.807) is 7.11 Å². The molecule has 0 heterocycles. The first-order valence-corrected chi connectivity index (χ1v) is 5.78. The Labute approximate surface area is 107 Å². The van der Waals surface area contributed by atoms with Gasteiger partial charge in [0.25, 0.3) is 0 Å². The van der Waals surface area contributed by atoms with Gasteiger partial charge in [-0.25, -0.2) is 0 Å². The van der Waals surface area contributed by atoms with Crippen molar-refractivity contribution in [3.63, 3.8) is 0 Å². The van der Waals surface area contributed by atoms with E-state index >= 15 is 0 Å². The van der Waals surface area contributed by atoms with E-state index in [0.717, 1.165) is 22.3 Å². The van der Waals surface area contributed by atoms with E-state index in [9.17, 15) is 0 Å². The molecule has 0 spiro atoms. The summed E-state index contributed by atoms with van der Waals surface area (Å²) in [6, 6.07) is 11.8. The Morgan fingerprint density at radius 3 is 2.33 bits per heavy atom. The standard InChI is InChI=1S/C15H16O3/c1-3-17-10-11-18-15-9-8-14(16-2)12-6-4-5-7-13(12)15/h3-9H,1,10-11H2,2H3. The molecule has 0 atom stereocenters. The number of fused-ring (bicyclic) bond motifs is 1. The average Bonchev–Trinajstić information content (AvgIpc) is 2.43. The molecule has 0 aliphatic carbocycles. The number of ether oxygens (including phenoxy) is 3. The smallest absolute Gasteiger partial charge is 0.127 e. The maximum atomic E-state index is 5.69. The molecule has 94 valence electrons. The van der Waals surface area contributed by atoms with Crippen LogP contribution in [-0.2, 0) is 4.74 Å². The predicted octanol–water partition coefficient (Wildman–Crippen LogP) is 3.39. The summed E-state index contributed by atoms with van der Waals surface area (Å²) in [5, 5.41) is 2.08. The average molecular weight is 244 g/mol. The van der Waals surface area contributed by atoms with Gasteiger partial charge in [0.05, 0.1) is 13.4 Å². The number of hydrogen-bond acceptors (Lipinski definition) is 3. The fourth-order valence-electron chi connectivity index (χ4n) is 1.83. The van der Waals surface area contributed by atoms with Gasteiger partial charge >= 0.3 is 0 Å². The van der Waals surface area contributed by atoms with Crippen LogP contribution in [0.4, 0.5) is 0 Å². The fraction of sp³-hybridized carbons (Fsp3) is 0.200. The van der Waals surface area contributed by atoms with Gasteiger partial charge in [0.1, 0.15) is 24.7 Å². The third kappa shape index (κ3) is 2.56. The summed E-state index contributed by atoms with van der Waals surface area (Å²) in [5.74, 6) is 1.68. The summed E-state index contributed by atoms with van der Waals surface area (Å²) in [6.45, 7) is 4.46. The molecule has 0 unspecified atom stereocenters. The minimum absolute atomic E-state index is 0.488. The highest BCUT2D eigenvalue weighted by Crippen LogP contribution is 2.32. The molecule has 0 saturated heterocycles. The van der Waals surface area contributed by atoms with Crippen LogP contribution in [0.25, 0.3) is 10.8 Å². The molecule has 2 aromatic rings. The van der Waals surface area contributed by atoms with Crippen molar-refractivity contribution in [2.45, 2.75) is 0 Å². The molecule has 18 heavy (non-hydrogen) atoms. The van der Waals surface area contributed by atoms with E-state index in [0.29, 0.717) is 13.2 Å². The predicted molar refractivity (Wildman–Crippen MR) is 72.1 cm³/mol. The lowest BCUT2D eigenvalue weighted by Crippen LogP contribution is -2.04. The Bertz CT molecular complexity index is 534. The van der Waals surface area contributed by atoms with E-state index in [2.05, 4.69) is 6.58 Å². The molecule has 0 amide bonds. The Hall–Kier alpha value is -2.16. The number of rotatable bonds is 6. The molecule has 0 aliphatic rings. The van der Waals surface area contributed by atoms with Crippen LogP contribution < -0.4 is 9.47 Å². The van der Waals surface area contributed by atoms with E-state index in [1.165, 1.54) is 6.26 Å². The Balaban J connectivity index is 2.25. The topological polar surface area (TPSA) is 27.7 Å². The van der Waals surface area contributed by atoms with Gasteiger partial charge in [-0.05, 0) is 12.1 Å². The van der Waals surface area contributed by atoms with Crippen molar-refractivity contribution in [2.24, 2.45) is 0 Å². The fourth-order valence-corrected chi connectivity index (χ4v) is 1.83. The van der Waals surface area contributed by atoms with Crippen molar-refractivity contribution >= 4 is 10.8 Å². The maximum absolute atomic E-state index is 5.69. The van der Waals surface area contributed by atoms with E-state index in [4.69, 9.17) is 14.2 Å². The second-order valence-corrected chi connectivity index (χ2v) is 3.70. The van der Waals surface area contributed by atoms with Crippen molar-refractivity contribution in [3.8, 4) is 11.5 Å². The molecule has 0 fully saturated rings. The van der Waals surface area contributed by atoms with Crippen LogP contribution in [0.1, 0.15) is 0 Å². The lowest BCUT2D eigenvalue weighted by atomic mass is 10.1. The number of benzene rings is 2. The molecule has 3 heteroatoms. The van der Waals surface area contributed by atoms with Crippen LogP contribution in [0, 0.1) is 0 Å². The quantitative estimate of drug-likeness (QED) is 0.576. The Morgan fingerprint density at radius 2 is 1.67 bits per heavy atom. The van der Waals surface area contributed by atoms with Crippen LogP contribution in [0.15, 0.2) is 49.2 Å². The van der Waals surface area contributed by atoms with Crippen LogP contribution in [0.5, 0.6) is 11.5 Å². The monoisotopic (exact) mass is 244 g/mol. The van der Waals surface area contributed by atoms with Crippen molar-refractivity contribution in [3.05, 3.63) is 49.2 Å². The van der Waals surface area contributed by atoms with Crippen LogP contribution in [-0.4, -0.2) is 20.3 Å². The third-order valence-corrected chi connectivity index (χ3v) is 2.64. The summed E-state index contributed by atoms with van der Waals surface area (Å²) >= 11 is 0. The van der Waals surface area contributed by atoms with Gasteiger partial charge in [-0.2, -0.15) is 0 Å². The zero-order valence-electron chi connectivity index (χ0n) is 10.4. The molecule has 2 aromatic carbocycles. The van der Waals surface area contributed by atoms with Crippen molar-refractivity contribution in [1.29, 1.82) is 0 Å². The summed E-state index contributed by atoms with van der Waals surface area (Å²) < 4.78 is 16.1. The van der Waals surface area contributed by atoms with Gasteiger partial charge in [0.15, 0.2) is 0 Å². The van der Waals surface area contributed by atoms with E-state index < -0.39 is 0 Å². The molecule has 0 radical (unpaired) electrons. The highest BCUT2D eigenvalue weighted by molar-refractivity contribution is 5.93. The van der Waals surface area contributed by atoms with Crippen molar-refractivity contribution in [1.82, 2.24) is 0 Å². The molecule has 0 aliphatic heterocycles. The molecule has 0 N–H and O–H groups in total. The molecule has 0 saturated carbocycles. The molecule has 3 nitrogen and oxygen atoms in total. The van der Waals surface area contributed by atoms with Gasteiger partial charge in [-0.3, -0.25) is 0 Å². The van der Waals surface area contributed by atoms with Gasteiger partial charge in [-0.15, -0.1) is 0 Å². The molecule has 2 rings (SSSR count). The molecular formula is C15H16O3. The van der Waals surface area contributed by atoms with Gasteiger partial charge in [0, 0.05) is 10.8 Å². The zero-order chi connectivity index (χ0) is 12.8. The minimum atomic E-state index is 0.488. The first-order chi connectivity index (χ1) is 8.86. The lowest BCUT2D eigenvalue weighted by molar-refractivity contribution is 0.181. The van der Waals surface area contributed by atoms with Crippen molar-refractivity contribution < 1.29 is 14.2 Å². The van der Waals surface area contributed by atoms with E-state index in [-0.39, 0.29) is 0 Å². The number of hydrogen-bond donors (Lipinski definition) is 0. The summed E-state index contributed by atoms with van der Waals surface area (Å²) in [6.07, 6.45) is 1.41. The highest BCUT2D eigenvalue weighted by Gasteiger charge is 2.06. The largest absolute Gasteiger partial charge is 0.498 e. The zero-order valence-corrected chi connectivity index (χ0v) is 10.4. The van der Waals surface area contributed by atoms with Gasteiger partial charge < -0.3 is 14.2 Å². The van der Waals surface area contributed by atoms with Crippen LogP contribution >= 0.6 is 0 Å². The minimum Gasteiger partial charge on any atom is -0.498 e. The van der Waals surface area contributed by atoms with Gasteiger partial charge in [-0.1, -0.05) is 30.8 Å². The van der Waals surface area contributed by atoms with Gasteiger partial charge in [0.2, 0.25) is 0 Å². The SMILES string of the molecule is C=COCCOc1ccc(OC)c2ccccc12. The summed E-state index contributed by atoms with van der Waals surface area (Å²) in [5.41, 5.74) is 0. The molecular weight excluding hydrogens is 228 g/mol. The van der Waals surface area contributed by atoms with Crippen molar-refractivity contribution in [2.75, 3.05) is 20.3 Å². The maximum Gasteiger partial charge on any atom is 0.127 e.